The van der Waals surface area contributed by atoms with Gasteiger partial charge in [0.1, 0.15) is 11.5 Å². The summed E-state index contributed by atoms with van der Waals surface area (Å²) in [5.41, 5.74) is 3.19. The molecule has 0 atom stereocenters. The predicted octanol–water partition coefficient (Wildman–Crippen LogP) is 4.35. The smallest absolute Gasteiger partial charge is 0.150 e. The van der Waals surface area contributed by atoms with Crippen LogP contribution < -0.4 is 0 Å². The third-order valence-electron chi connectivity index (χ3n) is 3.00. The third-order valence-corrected chi connectivity index (χ3v) is 3.00. The molecule has 0 amide bonds. The molecule has 0 saturated carbocycles. The Morgan fingerprint density at radius 2 is 1.67 bits per heavy atom. The van der Waals surface area contributed by atoms with Crippen LogP contribution in [0, 0.1) is 12.7 Å². The molecule has 1 aromatic heterocycles. The fourth-order valence-corrected chi connectivity index (χ4v) is 2.00. The summed E-state index contributed by atoms with van der Waals surface area (Å²) in [7, 11) is 0. The maximum absolute atomic E-state index is 14.0. The monoisotopic (exact) mass is 237 g/mol. The molecule has 0 fully saturated rings. The number of aromatic nitrogens is 1. The lowest BCUT2D eigenvalue weighted by Gasteiger charge is -2.05. The van der Waals surface area contributed by atoms with Crippen LogP contribution in [0.2, 0.25) is 0 Å². The third kappa shape index (κ3) is 1.86. The van der Waals surface area contributed by atoms with Gasteiger partial charge in [0.05, 0.1) is 5.52 Å². The molecule has 0 aliphatic rings. The fourth-order valence-electron chi connectivity index (χ4n) is 2.00. The molecule has 88 valence electrons. The molecular weight excluding hydrogens is 225 g/mol. The molecule has 0 unspecified atom stereocenters. The Bertz CT molecular complexity index is 702. The number of pyridine rings is 1. The molecule has 0 N–H and O–H groups in total. The van der Waals surface area contributed by atoms with E-state index in [0.717, 1.165) is 22.0 Å². The molecule has 2 aromatic carbocycles. The van der Waals surface area contributed by atoms with Gasteiger partial charge in [0.25, 0.3) is 0 Å². The van der Waals surface area contributed by atoms with Gasteiger partial charge in [0.2, 0.25) is 0 Å². The number of benzene rings is 2. The van der Waals surface area contributed by atoms with Crippen LogP contribution in [-0.2, 0) is 0 Å². The van der Waals surface area contributed by atoms with Crippen LogP contribution in [-0.4, -0.2) is 4.98 Å². The molecule has 3 rings (SSSR count). The SMILES string of the molecule is Cc1ccc(-c2nc3ccccc3cc2F)cc1. The number of nitrogens with zero attached hydrogens (tertiary/aromatic N) is 1. The van der Waals surface area contributed by atoms with Gasteiger partial charge < -0.3 is 0 Å². The first-order valence-electron chi connectivity index (χ1n) is 5.86. The van der Waals surface area contributed by atoms with E-state index in [4.69, 9.17) is 0 Å². The first-order valence-corrected chi connectivity index (χ1v) is 5.86. The van der Waals surface area contributed by atoms with E-state index in [1.807, 2.05) is 55.5 Å². The molecule has 0 saturated heterocycles. The molecule has 0 radical (unpaired) electrons. The van der Waals surface area contributed by atoms with Crippen molar-refractivity contribution in [1.29, 1.82) is 0 Å². The van der Waals surface area contributed by atoms with Crippen molar-refractivity contribution in [3.8, 4) is 11.3 Å². The van der Waals surface area contributed by atoms with Gasteiger partial charge in [0, 0.05) is 10.9 Å². The van der Waals surface area contributed by atoms with Crippen LogP contribution in [0.25, 0.3) is 22.2 Å². The van der Waals surface area contributed by atoms with Crippen molar-refractivity contribution in [2.45, 2.75) is 6.92 Å². The Morgan fingerprint density at radius 3 is 2.44 bits per heavy atom. The highest BCUT2D eigenvalue weighted by atomic mass is 19.1. The van der Waals surface area contributed by atoms with Crippen LogP contribution >= 0.6 is 0 Å². The van der Waals surface area contributed by atoms with Gasteiger partial charge in [0.15, 0.2) is 0 Å². The minimum absolute atomic E-state index is 0.280. The van der Waals surface area contributed by atoms with Crippen molar-refractivity contribution in [3.05, 3.63) is 66.0 Å². The number of halogens is 1. The van der Waals surface area contributed by atoms with Crippen molar-refractivity contribution in [2.75, 3.05) is 0 Å². The molecule has 1 nitrogen and oxygen atoms in total. The Balaban J connectivity index is 2.22. The summed E-state index contributed by atoms with van der Waals surface area (Å²) < 4.78 is 14.0. The van der Waals surface area contributed by atoms with Crippen molar-refractivity contribution >= 4 is 10.9 Å². The number of fused-ring (bicyclic) bond motifs is 1. The van der Waals surface area contributed by atoms with Crippen LogP contribution in [0.15, 0.2) is 54.6 Å². The van der Waals surface area contributed by atoms with Crippen LogP contribution in [0.3, 0.4) is 0 Å². The van der Waals surface area contributed by atoms with E-state index < -0.39 is 0 Å². The number of rotatable bonds is 1. The summed E-state index contributed by atoms with van der Waals surface area (Å²) in [5.74, 6) is -0.280. The van der Waals surface area contributed by atoms with E-state index in [1.54, 1.807) is 0 Å². The zero-order valence-electron chi connectivity index (χ0n) is 10.0. The van der Waals surface area contributed by atoms with E-state index >= 15 is 0 Å². The highest BCUT2D eigenvalue weighted by molar-refractivity contribution is 5.81. The van der Waals surface area contributed by atoms with Gasteiger partial charge in [-0.05, 0) is 19.1 Å². The Kier molecular flexibility index (Phi) is 2.56. The van der Waals surface area contributed by atoms with E-state index in [-0.39, 0.29) is 5.82 Å². The molecule has 3 aromatic rings. The van der Waals surface area contributed by atoms with E-state index in [9.17, 15) is 4.39 Å². The maximum Gasteiger partial charge on any atom is 0.150 e. The lowest BCUT2D eigenvalue weighted by molar-refractivity contribution is 0.628. The second-order valence-corrected chi connectivity index (χ2v) is 4.38. The van der Waals surface area contributed by atoms with Crippen LogP contribution in [0.1, 0.15) is 5.56 Å². The summed E-state index contributed by atoms with van der Waals surface area (Å²) in [6.45, 7) is 2.01. The molecule has 1 heterocycles. The quantitative estimate of drug-likeness (QED) is 0.613. The fraction of sp³-hybridized carbons (Fsp3) is 0.0625. The molecule has 2 heteroatoms. The first kappa shape index (κ1) is 10.9. The van der Waals surface area contributed by atoms with E-state index in [2.05, 4.69) is 4.98 Å². The minimum atomic E-state index is -0.280. The van der Waals surface area contributed by atoms with Crippen molar-refractivity contribution in [3.63, 3.8) is 0 Å². The number of hydrogen-bond acceptors (Lipinski definition) is 1. The summed E-state index contributed by atoms with van der Waals surface area (Å²) in [6.07, 6.45) is 0. The van der Waals surface area contributed by atoms with E-state index in [1.165, 1.54) is 6.07 Å². The van der Waals surface area contributed by atoms with Crippen molar-refractivity contribution < 1.29 is 4.39 Å². The second-order valence-electron chi connectivity index (χ2n) is 4.38. The first-order chi connectivity index (χ1) is 8.74. The molecule has 0 spiro atoms. The molecule has 0 aliphatic heterocycles. The standard InChI is InChI=1S/C16H12FN/c1-11-6-8-12(9-7-11)16-14(17)10-13-4-2-3-5-15(13)18-16/h2-10H,1H3. The van der Waals surface area contributed by atoms with Gasteiger partial charge in [-0.1, -0.05) is 48.0 Å². The van der Waals surface area contributed by atoms with Gasteiger partial charge >= 0.3 is 0 Å². The number of para-hydroxylation sites is 1. The van der Waals surface area contributed by atoms with Gasteiger partial charge in [-0.15, -0.1) is 0 Å². The zero-order valence-corrected chi connectivity index (χ0v) is 10.0. The lowest BCUT2D eigenvalue weighted by atomic mass is 10.1. The minimum Gasteiger partial charge on any atom is -0.245 e. The normalized spacial score (nSPS) is 10.8. The highest BCUT2D eigenvalue weighted by Crippen LogP contribution is 2.24. The summed E-state index contributed by atoms with van der Waals surface area (Å²) in [4.78, 5) is 4.40. The second kappa shape index (κ2) is 4.22. The van der Waals surface area contributed by atoms with Gasteiger partial charge in [-0.3, -0.25) is 0 Å². The van der Waals surface area contributed by atoms with E-state index in [0.29, 0.717) is 5.69 Å². The van der Waals surface area contributed by atoms with Crippen molar-refractivity contribution in [2.24, 2.45) is 0 Å². The maximum atomic E-state index is 14.0. The highest BCUT2D eigenvalue weighted by Gasteiger charge is 2.08. The zero-order chi connectivity index (χ0) is 12.5. The van der Waals surface area contributed by atoms with Crippen LogP contribution in [0.4, 0.5) is 4.39 Å². The van der Waals surface area contributed by atoms with Crippen molar-refractivity contribution in [1.82, 2.24) is 4.98 Å². The predicted molar refractivity (Wildman–Crippen MR) is 71.9 cm³/mol. The Labute approximate surface area is 105 Å². The molecular formula is C16H12FN. The van der Waals surface area contributed by atoms with Gasteiger partial charge in [-0.25, -0.2) is 9.37 Å². The average molecular weight is 237 g/mol. The summed E-state index contributed by atoms with van der Waals surface area (Å²) in [5, 5.41) is 0.825. The number of aryl methyl sites for hydroxylation is 1. The molecule has 0 aliphatic carbocycles. The lowest BCUT2D eigenvalue weighted by Crippen LogP contribution is -1.90. The summed E-state index contributed by atoms with van der Waals surface area (Å²) in [6, 6.07) is 16.8. The van der Waals surface area contributed by atoms with Gasteiger partial charge in [-0.2, -0.15) is 0 Å². The topological polar surface area (TPSA) is 12.9 Å². The number of hydrogen-bond donors (Lipinski definition) is 0. The summed E-state index contributed by atoms with van der Waals surface area (Å²) >= 11 is 0. The molecule has 0 bridgehead atoms. The average Bonchev–Trinajstić information content (AvgIpc) is 2.39. The van der Waals surface area contributed by atoms with Crippen LogP contribution in [0.5, 0.6) is 0 Å². The largest absolute Gasteiger partial charge is 0.245 e. The Morgan fingerprint density at radius 1 is 0.944 bits per heavy atom. The molecule has 18 heavy (non-hydrogen) atoms. The Hall–Kier alpha value is -2.22.